The number of aromatic nitrogens is 2. The van der Waals surface area contributed by atoms with Gasteiger partial charge in [-0.25, -0.2) is 0 Å². The number of rotatable bonds is 4. The molecule has 90 valence electrons. The van der Waals surface area contributed by atoms with Crippen molar-refractivity contribution in [3.63, 3.8) is 0 Å². The van der Waals surface area contributed by atoms with Gasteiger partial charge in [-0.1, -0.05) is 0 Å². The van der Waals surface area contributed by atoms with Crippen LogP contribution < -0.4 is 10.6 Å². The van der Waals surface area contributed by atoms with Crippen LogP contribution in [0.3, 0.4) is 0 Å². The highest BCUT2D eigenvalue weighted by Crippen LogP contribution is 2.03. The van der Waals surface area contributed by atoms with Gasteiger partial charge in [0.25, 0.3) is 0 Å². The van der Waals surface area contributed by atoms with Crippen molar-refractivity contribution in [3.8, 4) is 0 Å². The molecule has 2 N–H and O–H groups in total. The van der Waals surface area contributed by atoms with Crippen molar-refractivity contribution < 1.29 is 4.79 Å². The second-order valence-corrected chi connectivity index (χ2v) is 3.99. The van der Waals surface area contributed by atoms with Crippen LogP contribution in [0.5, 0.6) is 0 Å². The number of carbonyl (C=O) groups excluding carboxylic acids is 1. The molecule has 0 aliphatic carbocycles. The Kier molecular flexibility index (Phi) is 4.76. The molecule has 1 amide bonds. The first-order chi connectivity index (χ1) is 7.25. The van der Waals surface area contributed by atoms with E-state index < -0.39 is 0 Å². The molecule has 16 heavy (non-hydrogen) atoms. The van der Waals surface area contributed by atoms with E-state index in [9.17, 15) is 4.79 Å². The van der Waals surface area contributed by atoms with E-state index in [-0.39, 0.29) is 30.3 Å². The van der Waals surface area contributed by atoms with Crippen molar-refractivity contribution in [1.29, 1.82) is 0 Å². The van der Waals surface area contributed by atoms with Gasteiger partial charge in [0.1, 0.15) is 0 Å². The van der Waals surface area contributed by atoms with Crippen molar-refractivity contribution in [3.05, 3.63) is 18.5 Å². The maximum atomic E-state index is 11.6. The summed E-state index contributed by atoms with van der Waals surface area (Å²) in [4.78, 5) is 11.6. The monoisotopic (exact) mass is 244 g/mol. The number of amides is 1. The Bertz CT molecular complexity index is 324. The maximum absolute atomic E-state index is 11.6. The first kappa shape index (κ1) is 13.0. The highest BCUT2D eigenvalue weighted by atomic mass is 35.5. The Morgan fingerprint density at radius 1 is 1.69 bits per heavy atom. The summed E-state index contributed by atoms with van der Waals surface area (Å²) in [5, 5.41) is 10.2. The van der Waals surface area contributed by atoms with Crippen molar-refractivity contribution in [2.24, 2.45) is 5.92 Å². The van der Waals surface area contributed by atoms with Gasteiger partial charge in [-0.3, -0.25) is 9.48 Å². The van der Waals surface area contributed by atoms with Crippen molar-refractivity contribution in [2.45, 2.75) is 19.5 Å². The topological polar surface area (TPSA) is 59.0 Å². The van der Waals surface area contributed by atoms with Crippen molar-refractivity contribution >= 4 is 18.3 Å². The van der Waals surface area contributed by atoms with E-state index in [1.165, 1.54) is 0 Å². The van der Waals surface area contributed by atoms with Crippen LogP contribution in [0.1, 0.15) is 6.92 Å². The lowest BCUT2D eigenvalue weighted by Crippen LogP contribution is -2.52. The molecular formula is C10H17ClN4O. The number of hydrogen-bond acceptors (Lipinski definition) is 3. The lowest BCUT2D eigenvalue weighted by atomic mass is 10.0. The molecule has 1 aliphatic rings. The molecule has 1 aliphatic heterocycles. The van der Waals surface area contributed by atoms with Crippen LogP contribution in [-0.2, 0) is 11.3 Å². The molecule has 1 aromatic rings. The second kappa shape index (κ2) is 5.86. The number of nitrogens with zero attached hydrogens (tertiary/aromatic N) is 2. The fourth-order valence-electron chi connectivity index (χ4n) is 1.57. The molecule has 2 rings (SSSR count). The van der Waals surface area contributed by atoms with Gasteiger partial charge in [-0.05, 0) is 13.0 Å². The number of halogens is 1. The van der Waals surface area contributed by atoms with Crippen LogP contribution in [0.4, 0.5) is 0 Å². The minimum absolute atomic E-state index is 0. The normalized spacial score (nSPS) is 17.1. The summed E-state index contributed by atoms with van der Waals surface area (Å²) in [6.07, 6.45) is 3.64. The molecular weight excluding hydrogens is 228 g/mol. The molecule has 0 radical (unpaired) electrons. The Balaban J connectivity index is 0.00000128. The molecule has 1 atom stereocenters. The third-order valence-corrected chi connectivity index (χ3v) is 2.56. The summed E-state index contributed by atoms with van der Waals surface area (Å²) in [5.74, 6) is 0.304. The quantitative estimate of drug-likeness (QED) is 0.786. The lowest BCUT2D eigenvalue weighted by Gasteiger charge is -2.27. The second-order valence-electron chi connectivity index (χ2n) is 3.99. The van der Waals surface area contributed by atoms with Gasteiger partial charge in [0.15, 0.2) is 0 Å². The van der Waals surface area contributed by atoms with Gasteiger partial charge >= 0.3 is 0 Å². The molecule has 6 heteroatoms. The van der Waals surface area contributed by atoms with E-state index in [0.29, 0.717) is 0 Å². The molecule has 0 aromatic carbocycles. The van der Waals surface area contributed by atoms with Crippen LogP contribution in [0.2, 0.25) is 0 Å². The van der Waals surface area contributed by atoms with E-state index in [1.807, 2.05) is 23.9 Å². The van der Waals surface area contributed by atoms with Gasteiger partial charge < -0.3 is 10.6 Å². The van der Waals surface area contributed by atoms with Gasteiger partial charge in [0.2, 0.25) is 5.91 Å². The van der Waals surface area contributed by atoms with Gasteiger partial charge in [-0.2, -0.15) is 5.10 Å². The molecule has 1 aromatic heterocycles. The van der Waals surface area contributed by atoms with Crippen LogP contribution >= 0.6 is 12.4 Å². The molecule has 0 bridgehead atoms. The smallest absolute Gasteiger partial charge is 0.225 e. The predicted molar refractivity (Wildman–Crippen MR) is 63.4 cm³/mol. The Hall–Kier alpha value is -1.07. The number of nitrogens with one attached hydrogen (secondary N) is 2. The number of carbonyl (C=O) groups is 1. The molecule has 1 unspecified atom stereocenters. The minimum Gasteiger partial charge on any atom is -0.351 e. The van der Waals surface area contributed by atoms with E-state index in [4.69, 9.17) is 0 Å². The summed E-state index contributed by atoms with van der Waals surface area (Å²) in [6, 6.07) is 2.00. The van der Waals surface area contributed by atoms with E-state index >= 15 is 0 Å². The zero-order valence-electron chi connectivity index (χ0n) is 9.22. The van der Waals surface area contributed by atoms with Crippen LogP contribution in [0.25, 0.3) is 0 Å². The Morgan fingerprint density at radius 2 is 2.44 bits per heavy atom. The van der Waals surface area contributed by atoms with Gasteiger partial charge in [0.05, 0.1) is 12.5 Å². The minimum atomic E-state index is 0. The lowest BCUT2D eigenvalue weighted by molar-refractivity contribution is -0.127. The third kappa shape index (κ3) is 3.21. The molecule has 0 spiro atoms. The molecule has 0 saturated carbocycles. The van der Waals surface area contributed by atoms with Crippen LogP contribution in [0.15, 0.2) is 18.5 Å². The average molecular weight is 245 g/mol. The van der Waals surface area contributed by atoms with Crippen LogP contribution in [-0.4, -0.2) is 34.8 Å². The molecule has 2 heterocycles. The maximum Gasteiger partial charge on any atom is 0.225 e. The molecule has 1 fully saturated rings. The van der Waals surface area contributed by atoms with Crippen molar-refractivity contribution in [1.82, 2.24) is 20.4 Å². The number of hydrogen-bond donors (Lipinski definition) is 2. The van der Waals surface area contributed by atoms with E-state index in [0.717, 1.165) is 19.6 Å². The van der Waals surface area contributed by atoms with Gasteiger partial charge in [-0.15, -0.1) is 12.4 Å². The summed E-state index contributed by atoms with van der Waals surface area (Å²) < 4.78 is 1.82. The zero-order valence-corrected chi connectivity index (χ0v) is 10.0. The van der Waals surface area contributed by atoms with E-state index in [1.54, 1.807) is 6.20 Å². The van der Waals surface area contributed by atoms with E-state index in [2.05, 4.69) is 15.7 Å². The van der Waals surface area contributed by atoms with Crippen LogP contribution in [0, 0.1) is 5.92 Å². The average Bonchev–Trinajstić information content (AvgIpc) is 2.52. The SMILES string of the molecule is CC(Cn1cccn1)NC(=O)C1CNC1.Cl. The summed E-state index contributed by atoms with van der Waals surface area (Å²) in [6.45, 7) is 4.32. The zero-order chi connectivity index (χ0) is 10.7. The summed E-state index contributed by atoms with van der Waals surface area (Å²) in [7, 11) is 0. The Labute approximate surface area is 101 Å². The standard InChI is InChI=1S/C10H16N4O.ClH/c1-8(7-14-4-2-3-12-14)13-10(15)9-5-11-6-9;/h2-4,8-9,11H,5-7H2,1H3,(H,13,15);1H. The fourth-order valence-corrected chi connectivity index (χ4v) is 1.57. The predicted octanol–water partition coefficient (Wildman–Crippen LogP) is 0.0290. The molecule has 1 saturated heterocycles. The molecule has 5 nitrogen and oxygen atoms in total. The van der Waals surface area contributed by atoms with Gasteiger partial charge in [0, 0.05) is 31.5 Å². The third-order valence-electron chi connectivity index (χ3n) is 2.56. The fraction of sp³-hybridized carbons (Fsp3) is 0.600. The summed E-state index contributed by atoms with van der Waals surface area (Å²) in [5.41, 5.74) is 0. The largest absolute Gasteiger partial charge is 0.351 e. The highest BCUT2D eigenvalue weighted by Gasteiger charge is 2.25. The first-order valence-corrected chi connectivity index (χ1v) is 5.24. The highest BCUT2D eigenvalue weighted by molar-refractivity contribution is 5.85. The van der Waals surface area contributed by atoms with Crippen molar-refractivity contribution in [2.75, 3.05) is 13.1 Å². The first-order valence-electron chi connectivity index (χ1n) is 5.24. The summed E-state index contributed by atoms with van der Waals surface area (Å²) >= 11 is 0. The Morgan fingerprint density at radius 3 is 2.94 bits per heavy atom.